The number of rotatable bonds is 3. The van der Waals surface area contributed by atoms with Crippen molar-refractivity contribution in [2.45, 2.75) is 5.92 Å². The lowest BCUT2D eigenvalue weighted by molar-refractivity contribution is -0.384. The predicted molar refractivity (Wildman–Crippen MR) is 67.1 cm³/mol. The van der Waals surface area contributed by atoms with Crippen LogP contribution in [0.5, 0.6) is 0 Å². The van der Waals surface area contributed by atoms with Crippen molar-refractivity contribution in [2.24, 2.45) is 5.92 Å². The van der Waals surface area contributed by atoms with Gasteiger partial charge in [-0.3, -0.25) is 14.9 Å². The normalized spacial score (nSPS) is 22.2. The highest BCUT2D eigenvalue weighted by Gasteiger charge is 2.34. The van der Waals surface area contributed by atoms with E-state index in [2.05, 4.69) is 5.32 Å². The number of hydrogen-bond donors (Lipinski definition) is 2. The van der Waals surface area contributed by atoms with Crippen molar-refractivity contribution < 1.29 is 14.8 Å². The Hall–Kier alpha value is -1.66. The number of aliphatic carboxylic acids is 1. The molecule has 7 heteroatoms. The molecule has 0 spiro atoms. The summed E-state index contributed by atoms with van der Waals surface area (Å²) in [6.07, 6.45) is 0. The highest BCUT2D eigenvalue weighted by atomic mass is 35.5. The van der Waals surface area contributed by atoms with Crippen LogP contribution in [-0.2, 0) is 4.79 Å². The molecule has 1 aromatic carbocycles. The summed E-state index contributed by atoms with van der Waals surface area (Å²) in [7, 11) is 0. The van der Waals surface area contributed by atoms with Crippen molar-refractivity contribution in [3.8, 4) is 0 Å². The minimum absolute atomic E-state index is 0. The molecule has 0 saturated carbocycles. The van der Waals surface area contributed by atoms with Crippen LogP contribution in [0.15, 0.2) is 24.3 Å². The minimum atomic E-state index is -0.869. The van der Waals surface area contributed by atoms with Crippen molar-refractivity contribution in [1.82, 2.24) is 5.32 Å². The maximum Gasteiger partial charge on any atom is 0.308 e. The molecule has 1 aromatic rings. The smallest absolute Gasteiger partial charge is 0.308 e. The average Bonchev–Trinajstić information content (AvgIpc) is 2.78. The maximum atomic E-state index is 11.0. The average molecular weight is 273 g/mol. The summed E-state index contributed by atoms with van der Waals surface area (Å²) in [6.45, 7) is 0.945. The number of nitrogens with zero attached hydrogens (tertiary/aromatic N) is 1. The molecule has 2 N–H and O–H groups in total. The van der Waals surface area contributed by atoms with Gasteiger partial charge in [0.2, 0.25) is 0 Å². The van der Waals surface area contributed by atoms with Gasteiger partial charge in [0.25, 0.3) is 5.69 Å². The van der Waals surface area contributed by atoms with Gasteiger partial charge in [-0.05, 0) is 5.56 Å². The lowest BCUT2D eigenvalue weighted by Crippen LogP contribution is -2.21. The quantitative estimate of drug-likeness (QED) is 0.641. The molecule has 2 unspecified atom stereocenters. The van der Waals surface area contributed by atoms with E-state index in [4.69, 9.17) is 5.11 Å². The van der Waals surface area contributed by atoms with Gasteiger partial charge in [0, 0.05) is 31.1 Å². The Balaban J connectivity index is 0.00000162. The van der Waals surface area contributed by atoms with Crippen LogP contribution in [0.2, 0.25) is 0 Å². The van der Waals surface area contributed by atoms with Crippen molar-refractivity contribution in [2.75, 3.05) is 13.1 Å². The van der Waals surface area contributed by atoms with E-state index in [0.29, 0.717) is 18.7 Å². The van der Waals surface area contributed by atoms with E-state index >= 15 is 0 Å². The van der Waals surface area contributed by atoms with Gasteiger partial charge in [0.05, 0.1) is 10.8 Å². The molecule has 2 atom stereocenters. The molecule has 6 nitrogen and oxygen atoms in total. The summed E-state index contributed by atoms with van der Waals surface area (Å²) in [5.74, 6) is -1.59. The molecule has 0 bridgehead atoms. The summed E-state index contributed by atoms with van der Waals surface area (Å²) in [5, 5.41) is 22.7. The van der Waals surface area contributed by atoms with E-state index in [9.17, 15) is 14.9 Å². The lowest BCUT2D eigenvalue weighted by Gasteiger charge is -2.14. The molecule has 1 heterocycles. The Kier molecular flexibility index (Phi) is 4.63. The Morgan fingerprint density at radius 2 is 2.17 bits per heavy atom. The van der Waals surface area contributed by atoms with Gasteiger partial charge in [-0.15, -0.1) is 12.4 Å². The van der Waals surface area contributed by atoms with E-state index < -0.39 is 16.8 Å². The van der Waals surface area contributed by atoms with Gasteiger partial charge < -0.3 is 10.4 Å². The molecule has 2 rings (SSSR count). The molecule has 1 aliphatic heterocycles. The molecule has 0 amide bonds. The van der Waals surface area contributed by atoms with Crippen LogP contribution in [0.3, 0.4) is 0 Å². The number of nitro benzene ring substituents is 1. The number of halogens is 1. The van der Waals surface area contributed by atoms with Gasteiger partial charge in [0.1, 0.15) is 0 Å². The summed E-state index contributed by atoms with van der Waals surface area (Å²) < 4.78 is 0. The number of nitro groups is 1. The second kappa shape index (κ2) is 5.79. The van der Waals surface area contributed by atoms with Crippen molar-refractivity contribution in [1.29, 1.82) is 0 Å². The molecule has 1 aliphatic rings. The zero-order chi connectivity index (χ0) is 12.4. The molecule has 1 fully saturated rings. The first kappa shape index (κ1) is 14.4. The van der Waals surface area contributed by atoms with Gasteiger partial charge in [-0.1, -0.05) is 12.1 Å². The number of nitrogens with one attached hydrogen (secondary N) is 1. The predicted octanol–water partition coefficient (Wildman–Crippen LogP) is 1.40. The molecule has 98 valence electrons. The van der Waals surface area contributed by atoms with Crippen molar-refractivity contribution >= 4 is 24.1 Å². The fourth-order valence-electron chi connectivity index (χ4n) is 2.16. The zero-order valence-corrected chi connectivity index (χ0v) is 10.2. The van der Waals surface area contributed by atoms with Gasteiger partial charge in [0.15, 0.2) is 0 Å². The summed E-state index contributed by atoms with van der Waals surface area (Å²) in [6, 6.07) is 6.18. The Labute approximate surface area is 110 Å². The van der Waals surface area contributed by atoms with Crippen LogP contribution < -0.4 is 5.32 Å². The zero-order valence-electron chi connectivity index (χ0n) is 9.41. The SMILES string of the molecule is Cl.O=C(O)C1CNCC1c1cccc([N+](=O)[O-])c1. The van der Waals surface area contributed by atoms with Crippen LogP contribution in [0, 0.1) is 16.0 Å². The standard InChI is InChI=1S/C11H12N2O4.ClH/c14-11(15)10-6-12-5-9(10)7-2-1-3-8(4-7)13(16)17;/h1-4,9-10,12H,5-6H2,(H,14,15);1H. The van der Waals surface area contributed by atoms with E-state index in [1.807, 2.05) is 0 Å². The van der Waals surface area contributed by atoms with Crippen molar-refractivity contribution in [3.05, 3.63) is 39.9 Å². The second-order valence-corrected chi connectivity index (χ2v) is 4.06. The van der Waals surface area contributed by atoms with Gasteiger partial charge in [-0.25, -0.2) is 0 Å². The molecule has 1 saturated heterocycles. The highest BCUT2D eigenvalue weighted by Crippen LogP contribution is 2.30. The van der Waals surface area contributed by atoms with Crippen molar-refractivity contribution in [3.63, 3.8) is 0 Å². The van der Waals surface area contributed by atoms with E-state index in [1.54, 1.807) is 12.1 Å². The third-order valence-corrected chi connectivity index (χ3v) is 3.04. The van der Waals surface area contributed by atoms with Crippen LogP contribution >= 0.6 is 12.4 Å². The molecular formula is C11H13ClN2O4. The number of carboxylic acid groups (broad SMARTS) is 1. The second-order valence-electron chi connectivity index (χ2n) is 4.06. The molecule has 0 radical (unpaired) electrons. The first-order valence-electron chi connectivity index (χ1n) is 5.27. The summed E-state index contributed by atoms with van der Waals surface area (Å²) in [4.78, 5) is 21.2. The van der Waals surface area contributed by atoms with Crippen LogP contribution in [0.1, 0.15) is 11.5 Å². The molecule has 0 aromatic heterocycles. The monoisotopic (exact) mass is 272 g/mol. The number of carboxylic acids is 1. The lowest BCUT2D eigenvalue weighted by atomic mass is 9.89. The molecule has 18 heavy (non-hydrogen) atoms. The van der Waals surface area contributed by atoms with Gasteiger partial charge >= 0.3 is 5.97 Å². The Morgan fingerprint density at radius 1 is 1.44 bits per heavy atom. The summed E-state index contributed by atoms with van der Waals surface area (Å²) in [5.41, 5.74) is 0.704. The third kappa shape index (κ3) is 2.77. The van der Waals surface area contributed by atoms with Gasteiger partial charge in [-0.2, -0.15) is 0 Å². The first-order valence-corrected chi connectivity index (χ1v) is 5.27. The molecular weight excluding hydrogens is 260 g/mol. The molecule has 0 aliphatic carbocycles. The Morgan fingerprint density at radius 3 is 2.78 bits per heavy atom. The number of non-ortho nitro benzene ring substituents is 1. The third-order valence-electron chi connectivity index (χ3n) is 3.04. The fraction of sp³-hybridized carbons (Fsp3) is 0.364. The van der Waals surface area contributed by atoms with E-state index in [1.165, 1.54) is 12.1 Å². The topological polar surface area (TPSA) is 92.5 Å². The first-order chi connectivity index (χ1) is 8.09. The highest BCUT2D eigenvalue weighted by molar-refractivity contribution is 5.85. The number of carbonyl (C=O) groups is 1. The Bertz CT molecular complexity index is 466. The minimum Gasteiger partial charge on any atom is -0.481 e. The van der Waals surface area contributed by atoms with Crippen LogP contribution in [0.4, 0.5) is 5.69 Å². The number of hydrogen-bond acceptors (Lipinski definition) is 4. The summed E-state index contributed by atoms with van der Waals surface area (Å²) >= 11 is 0. The largest absolute Gasteiger partial charge is 0.481 e. The fourth-order valence-corrected chi connectivity index (χ4v) is 2.16. The number of benzene rings is 1. The van der Waals surface area contributed by atoms with E-state index in [-0.39, 0.29) is 24.0 Å². The van der Waals surface area contributed by atoms with Crippen LogP contribution in [0.25, 0.3) is 0 Å². The van der Waals surface area contributed by atoms with E-state index in [0.717, 1.165) is 0 Å². The maximum absolute atomic E-state index is 11.0. The van der Waals surface area contributed by atoms with Crippen LogP contribution in [-0.4, -0.2) is 29.1 Å².